The molecule has 8 nitrogen and oxygen atoms in total. The Bertz CT molecular complexity index is 793. The molecule has 0 spiro atoms. The quantitative estimate of drug-likeness (QED) is 0.553. The van der Waals surface area contributed by atoms with Crippen molar-refractivity contribution in [1.29, 1.82) is 0 Å². The highest BCUT2D eigenvalue weighted by molar-refractivity contribution is 6.05. The molecule has 0 radical (unpaired) electrons. The Kier molecular flexibility index (Phi) is 5.94. The van der Waals surface area contributed by atoms with Crippen molar-refractivity contribution in [2.75, 3.05) is 19.6 Å². The van der Waals surface area contributed by atoms with E-state index in [4.69, 9.17) is 4.84 Å². The van der Waals surface area contributed by atoms with Crippen molar-refractivity contribution in [3.8, 4) is 0 Å². The largest absolute Gasteiger partial charge is 0.317 e. The average Bonchev–Trinajstić information content (AvgIpc) is 3.01. The normalized spacial score (nSPS) is 25.4. The van der Waals surface area contributed by atoms with E-state index in [0.717, 1.165) is 37.9 Å². The number of imide groups is 1. The predicted molar refractivity (Wildman–Crippen MR) is 105 cm³/mol. The SMILES string of the molecule is CCCN(OC1CCNCC1)C1c2ccccc2C(=O)N1C1CCC(=O)NC1=O. The Morgan fingerprint density at radius 1 is 1.14 bits per heavy atom. The van der Waals surface area contributed by atoms with Crippen molar-refractivity contribution >= 4 is 17.7 Å². The van der Waals surface area contributed by atoms with Crippen LogP contribution in [0, 0.1) is 0 Å². The molecule has 2 saturated heterocycles. The number of hydrogen-bond acceptors (Lipinski definition) is 6. The first-order valence-corrected chi connectivity index (χ1v) is 10.5. The van der Waals surface area contributed by atoms with Crippen LogP contribution in [0.3, 0.4) is 0 Å². The summed E-state index contributed by atoms with van der Waals surface area (Å²) in [6.45, 7) is 4.51. The lowest BCUT2D eigenvalue weighted by atomic mass is 10.0. The summed E-state index contributed by atoms with van der Waals surface area (Å²) in [6.07, 6.45) is 2.82. The minimum Gasteiger partial charge on any atom is -0.317 e. The Hall–Kier alpha value is -2.29. The van der Waals surface area contributed by atoms with Crippen LogP contribution in [-0.4, -0.2) is 59.5 Å². The van der Waals surface area contributed by atoms with Gasteiger partial charge in [-0.2, -0.15) is 5.06 Å². The van der Waals surface area contributed by atoms with Gasteiger partial charge < -0.3 is 10.2 Å². The van der Waals surface area contributed by atoms with Crippen LogP contribution in [0.4, 0.5) is 0 Å². The van der Waals surface area contributed by atoms with Crippen LogP contribution in [0.2, 0.25) is 0 Å². The van der Waals surface area contributed by atoms with E-state index in [0.29, 0.717) is 18.5 Å². The van der Waals surface area contributed by atoms with Gasteiger partial charge in [0.1, 0.15) is 12.2 Å². The van der Waals surface area contributed by atoms with Gasteiger partial charge in [0.15, 0.2) is 0 Å². The maximum Gasteiger partial charge on any atom is 0.256 e. The summed E-state index contributed by atoms with van der Waals surface area (Å²) in [5.74, 6) is -0.885. The van der Waals surface area contributed by atoms with Gasteiger partial charge >= 0.3 is 0 Å². The fraction of sp³-hybridized carbons (Fsp3) is 0.571. The van der Waals surface area contributed by atoms with E-state index in [-0.39, 0.29) is 24.3 Å². The molecule has 3 heterocycles. The van der Waals surface area contributed by atoms with Crippen LogP contribution in [0.5, 0.6) is 0 Å². The van der Waals surface area contributed by atoms with Crippen LogP contribution in [0.15, 0.2) is 24.3 Å². The van der Waals surface area contributed by atoms with Crippen molar-refractivity contribution in [2.45, 2.75) is 57.3 Å². The fourth-order valence-corrected chi connectivity index (χ4v) is 4.42. The molecule has 0 saturated carbocycles. The third-order valence-electron chi connectivity index (χ3n) is 5.80. The molecular weight excluding hydrogens is 372 g/mol. The van der Waals surface area contributed by atoms with Crippen LogP contribution in [0.25, 0.3) is 0 Å². The highest BCUT2D eigenvalue weighted by Crippen LogP contribution is 2.39. The maximum atomic E-state index is 13.3. The van der Waals surface area contributed by atoms with E-state index < -0.39 is 18.1 Å². The molecule has 2 N–H and O–H groups in total. The maximum absolute atomic E-state index is 13.3. The molecule has 156 valence electrons. The molecule has 2 unspecified atom stereocenters. The number of carbonyl (C=O) groups excluding carboxylic acids is 3. The van der Waals surface area contributed by atoms with E-state index in [1.54, 1.807) is 11.0 Å². The number of hydrogen-bond donors (Lipinski definition) is 2. The Balaban J connectivity index is 1.67. The van der Waals surface area contributed by atoms with Gasteiger partial charge in [0, 0.05) is 24.1 Å². The van der Waals surface area contributed by atoms with Crippen molar-refractivity contribution in [3.05, 3.63) is 35.4 Å². The van der Waals surface area contributed by atoms with Gasteiger partial charge in [-0.25, -0.2) is 0 Å². The van der Waals surface area contributed by atoms with Crippen LogP contribution in [0.1, 0.15) is 61.1 Å². The molecule has 2 fully saturated rings. The second-order valence-corrected chi connectivity index (χ2v) is 7.84. The number of rotatable bonds is 6. The number of fused-ring (bicyclic) bond motifs is 1. The molecule has 0 aliphatic carbocycles. The Morgan fingerprint density at radius 2 is 1.90 bits per heavy atom. The average molecular weight is 400 g/mol. The van der Waals surface area contributed by atoms with Gasteiger partial charge in [-0.15, -0.1) is 0 Å². The molecule has 3 aliphatic heterocycles. The Labute approximate surface area is 170 Å². The van der Waals surface area contributed by atoms with Gasteiger partial charge in [0.05, 0.1) is 6.10 Å². The molecule has 29 heavy (non-hydrogen) atoms. The zero-order valence-corrected chi connectivity index (χ0v) is 16.7. The van der Waals surface area contributed by atoms with Crippen molar-refractivity contribution < 1.29 is 19.2 Å². The topological polar surface area (TPSA) is 91.0 Å². The van der Waals surface area contributed by atoms with Gasteiger partial charge in [0.2, 0.25) is 11.8 Å². The highest BCUT2D eigenvalue weighted by Gasteiger charge is 2.47. The number of carbonyl (C=O) groups is 3. The molecule has 3 amide bonds. The predicted octanol–water partition coefficient (Wildman–Crippen LogP) is 1.34. The second-order valence-electron chi connectivity index (χ2n) is 7.84. The van der Waals surface area contributed by atoms with Gasteiger partial charge in [-0.05, 0) is 44.8 Å². The summed E-state index contributed by atoms with van der Waals surface area (Å²) in [6, 6.07) is 6.78. The van der Waals surface area contributed by atoms with E-state index in [9.17, 15) is 14.4 Å². The van der Waals surface area contributed by atoms with Crippen LogP contribution in [-0.2, 0) is 14.4 Å². The lowest BCUT2D eigenvalue weighted by molar-refractivity contribution is -0.250. The van der Waals surface area contributed by atoms with E-state index in [1.807, 2.05) is 23.3 Å². The van der Waals surface area contributed by atoms with Gasteiger partial charge in [-0.1, -0.05) is 25.1 Å². The summed E-state index contributed by atoms with van der Waals surface area (Å²) in [4.78, 5) is 45.6. The first kappa shape index (κ1) is 20.0. The molecule has 3 aliphatic rings. The Morgan fingerprint density at radius 3 is 2.62 bits per heavy atom. The number of nitrogens with one attached hydrogen (secondary N) is 2. The molecule has 1 aromatic carbocycles. The monoisotopic (exact) mass is 400 g/mol. The zero-order chi connectivity index (χ0) is 20.4. The zero-order valence-electron chi connectivity index (χ0n) is 16.7. The summed E-state index contributed by atoms with van der Waals surface area (Å²) >= 11 is 0. The van der Waals surface area contributed by atoms with E-state index >= 15 is 0 Å². The minimum absolute atomic E-state index is 0.0780. The smallest absolute Gasteiger partial charge is 0.256 e. The van der Waals surface area contributed by atoms with E-state index in [1.165, 1.54) is 0 Å². The fourth-order valence-electron chi connectivity index (χ4n) is 4.42. The standard InChI is InChI=1S/C21H28N4O4/c1-2-13-24(29-14-9-11-22-12-10-14)20-15-5-3-4-6-16(15)21(28)25(20)17-7-8-18(26)23-19(17)27/h3-6,14,17,20,22H,2,7-13H2,1H3,(H,23,26,27). The third-order valence-corrected chi connectivity index (χ3v) is 5.80. The number of nitrogens with zero attached hydrogens (tertiary/aromatic N) is 2. The lowest BCUT2D eigenvalue weighted by Crippen LogP contribution is -2.56. The molecule has 2 atom stereocenters. The molecule has 0 bridgehead atoms. The van der Waals surface area contributed by atoms with Crippen molar-refractivity contribution in [2.24, 2.45) is 0 Å². The number of piperidine rings is 2. The lowest BCUT2D eigenvalue weighted by Gasteiger charge is -2.41. The summed E-state index contributed by atoms with van der Waals surface area (Å²) in [5, 5.41) is 7.60. The first-order valence-electron chi connectivity index (χ1n) is 10.5. The molecule has 1 aromatic rings. The number of amides is 3. The number of benzene rings is 1. The van der Waals surface area contributed by atoms with Gasteiger partial charge in [-0.3, -0.25) is 24.5 Å². The van der Waals surface area contributed by atoms with Crippen LogP contribution >= 0.6 is 0 Å². The second kappa shape index (κ2) is 8.61. The summed E-state index contributed by atoms with van der Waals surface area (Å²) in [7, 11) is 0. The first-order chi connectivity index (χ1) is 14.1. The molecule has 0 aromatic heterocycles. The summed E-state index contributed by atoms with van der Waals surface area (Å²) in [5.41, 5.74) is 1.45. The third kappa shape index (κ3) is 3.92. The summed E-state index contributed by atoms with van der Waals surface area (Å²) < 4.78 is 0. The van der Waals surface area contributed by atoms with Crippen molar-refractivity contribution in [3.63, 3.8) is 0 Å². The minimum atomic E-state index is -0.687. The van der Waals surface area contributed by atoms with Crippen molar-refractivity contribution in [1.82, 2.24) is 20.6 Å². The highest BCUT2D eigenvalue weighted by atomic mass is 16.7. The van der Waals surface area contributed by atoms with Gasteiger partial charge in [0.25, 0.3) is 5.91 Å². The molecular formula is C21H28N4O4. The molecule has 8 heteroatoms. The van der Waals surface area contributed by atoms with E-state index in [2.05, 4.69) is 17.6 Å². The molecule has 4 rings (SSSR count). The van der Waals surface area contributed by atoms with Crippen LogP contribution < -0.4 is 10.6 Å². The number of hydroxylamine groups is 2.